The molecule has 0 amide bonds. The standard InChI is InChI=1S/C11H16O5/c1-6(12)3-8-4-9(16-11(8)15)5-10(14)7(2)13/h4-7,10,12-14H,3H2,1-2H3/b9-5-/t6-,7+,10+/m1/s1. The molecule has 0 aromatic heterocycles. The molecule has 0 unspecified atom stereocenters. The molecule has 0 aliphatic carbocycles. The summed E-state index contributed by atoms with van der Waals surface area (Å²) in [4.78, 5) is 11.3. The largest absolute Gasteiger partial charge is 0.423 e. The van der Waals surface area contributed by atoms with Crippen LogP contribution < -0.4 is 0 Å². The maximum absolute atomic E-state index is 11.3. The summed E-state index contributed by atoms with van der Waals surface area (Å²) in [5, 5.41) is 27.5. The van der Waals surface area contributed by atoms with Crippen LogP contribution in [0.2, 0.25) is 0 Å². The number of hydrogen-bond donors (Lipinski definition) is 3. The first-order valence-electron chi connectivity index (χ1n) is 5.09. The molecule has 90 valence electrons. The summed E-state index contributed by atoms with van der Waals surface area (Å²) in [6.07, 6.45) is 0.296. The summed E-state index contributed by atoms with van der Waals surface area (Å²) in [6.45, 7) is 3.00. The number of rotatable bonds is 4. The van der Waals surface area contributed by atoms with E-state index in [0.717, 1.165) is 0 Å². The summed E-state index contributed by atoms with van der Waals surface area (Å²) in [7, 11) is 0. The third kappa shape index (κ3) is 3.44. The van der Waals surface area contributed by atoms with Crippen LogP contribution in [0.4, 0.5) is 0 Å². The molecule has 0 saturated carbocycles. The first-order chi connectivity index (χ1) is 7.40. The third-order valence-corrected chi connectivity index (χ3v) is 2.13. The minimum absolute atomic E-state index is 0.203. The van der Waals surface area contributed by atoms with E-state index < -0.39 is 24.3 Å². The van der Waals surface area contributed by atoms with Gasteiger partial charge in [-0.25, -0.2) is 4.79 Å². The Hall–Kier alpha value is -1.17. The summed E-state index contributed by atoms with van der Waals surface area (Å²) in [5.74, 6) is -0.320. The number of hydrogen-bond acceptors (Lipinski definition) is 5. The minimum atomic E-state index is -1.08. The number of cyclic esters (lactones) is 1. The highest BCUT2D eigenvalue weighted by molar-refractivity contribution is 5.92. The molecule has 3 atom stereocenters. The third-order valence-electron chi connectivity index (χ3n) is 2.13. The molecular weight excluding hydrogens is 212 g/mol. The molecule has 0 bridgehead atoms. The van der Waals surface area contributed by atoms with Crippen molar-refractivity contribution in [3.8, 4) is 0 Å². The average molecular weight is 228 g/mol. The Kier molecular flexibility index (Phi) is 4.23. The molecule has 1 aliphatic heterocycles. The Balaban J connectivity index is 2.73. The van der Waals surface area contributed by atoms with Gasteiger partial charge < -0.3 is 20.1 Å². The van der Waals surface area contributed by atoms with Gasteiger partial charge in [0.25, 0.3) is 0 Å². The van der Waals surface area contributed by atoms with Crippen LogP contribution in [0.3, 0.4) is 0 Å². The molecule has 5 heteroatoms. The number of aliphatic hydroxyl groups is 3. The van der Waals surface area contributed by atoms with Crippen molar-refractivity contribution >= 4 is 5.97 Å². The molecule has 0 aromatic carbocycles. The zero-order chi connectivity index (χ0) is 12.3. The van der Waals surface area contributed by atoms with Crippen LogP contribution in [-0.4, -0.2) is 39.6 Å². The highest BCUT2D eigenvalue weighted by atomic mass is 16.5. The molecule has 16 heavy (non-hydrogen) atoms. The Morgan fingerprint density at radius 3 is 2.50 bits per heavy atom. The summed E-state index contributed by atoms with van der Waals surface area (Å²) >= 11 is 0. The van der Waals surface area contributed by atoms with Gasteiger partial charge in [-0.15, -0.1) is 0 Å². The van der Waals surface area contributed by atoms with Crippen LogP contribution in [-0.2, 0) is 9.53 Å². The molecule has 1 aliphatic rings. The second-order valence-corrected chi connectivity index (χ2v) is 3.91. The monoisotopic (exact) mass is 228 g/mol. The van der Waals surface area contributed by atoms with Gasteiger partial charge in [0.15, 0.2) is 0 Å². The Labute approximate surface area is 93.7 Å². The van der Waals surface area contributed by atoms with E-state index in [1.54, 1.807) is 6.92 Å². The predicted octanol–water partition coefficient (Wildman–Crippen LogP) is -0.134. The van der Waals surface area contributed by atoms with E-state index in [2.05, 4.69) is 0 Å². The maximum Gasteiger partial charge on any atom is 0.339 e. The first-order valence-corrected chi connectivity index (χ1v) is 5.09. The van der Waals surface area contributed by atoms with E-state index in [4.69, 9.17) is 14.9 Å². The van der Waals surface area contributed by atoms with Crippen LogP contribution in [0, 0.1) is 0 Å². The lowest BCUT2D eigenvalue weighted by molar-refractivity contribution is -0.133. The fourth-order valence-corrected chi connectivity index (χ4v) is 1.28. The topological polar surface area (TPSA) is 87.0 Å². The van der Waals surface area contributed by atoms with Crippen LogP contribution in [0.15, 0.2) is 23.5 Å². The summed E-state index contributed by atoms with van der Waals surface area (Å²) in [6, 6.07) is 0. The lowest BCUT2D eigenvalue weighted by Crippen LogP contribution is -2.20. The van der Waals surface area contributed by atoms with Crippen molar-refractivity contribution in [3.63, 3.8) is 0 Å². The second-order valence-electron chi connectivity index (χ2n) is 3.91. The molecule has 0 aromatic rings. The smallest absolute Gasteiger partial charge is 0.339 e. The van der Waals surface area contributed by atoms with E-state index in [1.807, 2.05) is 0 Å². The van der Waals surface area contributed by atoms with E-state index in [1.165, 1.54) is 19.1 Å². The number of allylic oxidation sites excluding steroid dienone is 1. The molecular formula is C11H16O5. The zero-order valence-corrected chi connectivity index (χ0v) is 9.25. The molecule has 3 N–H and O–H groups in total. The number of aliphatic hydroxyl groups excluding tert-OH is 3. The van der Waals surface area contributed by atoms with Gasteiger partial charge in [-0.05, 0) is 26.0 Å². The van der Waals surface area contributed by atoms with Crippen molar-refractivity contribution in [2.75, 3.05) is 0 Å². The van der Waals surface area contributed by atoms with Gasteiger partial charge in [0, 0.05) is 12.0 Å². The summed E-state index contributed by atoms with van der Waals surface area (Å²) < 4.78 is 4.84. The van der Waals surface area contributed by atoms with Gasteiger partial charge in [0.1, 0.15) is 11.9 Å². The highest BCUT2D eigenvalue weighted by Crippen LogP contribution is 2.21. The number of ether oxygens (including phenoxy) is 1. The van der Waals surface area contributed by atoms with E-state index in [0.29, 0.717) is 5.57 Å². The lowest BCUT2D eigenvalue weighted by Gasteiger charge is -2.08. The fraction of sp³-hybridized carbons (Fsp3) is 0.545. The SMILES string of the molecule is C[C@H](O)[C@@H](O)/C=C1/C=C(C[C@@H](C)O)C(=O)O1. The number of esters is 1. The molecule has 0 fully saturated rings. The highest BCUT2D eigenvalue weighted by Gasteiger charge is 2.23. The van der Waals surface area contributed by atoms with Gasteiger partial charge in [-0.3, -0.25) is 0 Å². The van der Waals surface area contributed by atoms with E-state index >= 15 is 0 Å². The van der Waals surface area contributed by atoms with Crippen molar-refractivity contribution in [2.45, 2.75) is 38.6 Å². The average Bonchev–Trinajstić information content (AvgIpc) is 2.45. The van der Waals surface area contributed by atoms with Crippen LogP contribution in [0.1, 0.15) is 20.3 Å². The van der Waals surface area contributed by atoms with Crippen molar-refractivity contribution in [2.24, 2.45) is 0 Å². The van der Waals surface area contributed by atoms with Crippen molar-refractivity contribution in [1.29, 1.82) is 0 Å². The number of carbonyl (C=O) groups is 1. The molecule has 5 nitrogen and oxygen atoms in total. The van der Waals surface area contributed by atoms with Crippen molar-refractivity contribution < 1.29 is 24.9 Å². The lowest BCUT2D eigenvalue weighted by atomic mass is 10.1. The second kappa shape index (κ2) is 5.25. The molecule has 1 heterocycles. The van der Waals surface area contributed by atoms with Gasteiger partial charge in [-0.2, -0.15) is 0 Å². The Bertz CT molecular complexity index is 327. The number of carbonyl (C=O) groups excluding carboxylic acids is 1. The fourth-order valence-electron chi connectivity index (χ4n) is 1.28. The Morgan fingerprint density at radius 1 is 1.38 bits per heavy atom. The van der Waals surface area contributed by atoms with Crippen molar-refractivity contribution in [3.05, 3.63) is 23.5 Å². The van der Waals surface area contributed by atoms with Gasteiger partial charge in [0.05, 0.1) is 12.2 Å². The van der Waals surface area contributed by atoms with E-state index in [9.17, 15) is 9.90 Å². The van der Waals surface area contributed by atoms with Crippen LogP contribution >= 0.6 is 0 Å². The molecule has 0 radical (unpaired) electrons. The predicted molar refractivity (Wildman–Crippen MR) is 56.2 cm³/mol. The zero-order valence-electron chi connectivity index (χ0n) is 9.25. The molecule has 0 saturated heterocycles. The first kappa shape index (κ1) is 12.9. The normalized spacial score (nSPS) is 23.9. The van der Waals surface area contributed by atoms with Gasteiger partial charge in [-0.1, -0.05) is 0 Å². The Morgan fingerprint density at radius 2 is 2.00 bits per heavy atom. The maximum atomic E-state index is 11.3. The minimum Gasteiger partial charge on any atom is -0.423 e. The quantitative estimate of drug-likeness (QED) is 0.583. The summed E-state index contributed by atoms with van der Waals surface area (Å²) in [5.41, 5.74) is 0.360. The van der Waals surface area contributed by atoms with E-state index in [-0.39, 0.29) is 12.2 Å². The van der Waals surface area contributed by atoms with Crippen LogP contribution in [0.5, 0.6) is 0 Å². The van der Waals surface area contributed by atoms with Gasteiger partial charge >= 0.3 is 5.97 Å². The van der Waals surface area contributed by atoms with Gasteiger partial charge in [0.2, 0.25) is 0 Å². The van der Waals surface area contributed by atoms with Crippen LogP contribution in [0.25, 0.3) is 0 Å². The van der Waals surface area contributed by atoms with Crippen molar-refractivity contribution in [1.82, 2.24) is 0 Å². The molecule has 1 rings (SSSR count). The molecule has 0 spiro atoms.